The molecule has 2 heterocycles. The second-order valence-corrected chi connectivity index (χ2v) is 4.75. The number of nitrogens with two attached hydrogens (primary N) is 1. The van der Waals surface area contributed by atoms with Crippen LogP contribution in [0.25, 0.3) is 10.9 Å². The monoisotopic (exact) mass is 264 g/mol. The third-order valence-electron chi connectivity index (χ3n) is 3.53. The van der Waals surface area contributed by atoms with Crippen molar-refractivity contribution in [1.82, 2.24) is 15.4 Å². The number of hydrogen-bond donors (Lipinski definition) is 2. The van der Waals surface area contributed by atoms with Gasteiger partial charge in [-0.2, -0.15) is 0 Å². The Kier molecular flexibility index (Phi) is 3.41. The van der Waals surface area contributed by atoms with Crippen molar-refractivity contribution in [2.75, 3.05) is 0 Å². The normalized spacial score (nSPS) is 12.5. The van der Waals surface area contributed by atoms with Crippen LogP contribution in [0.2, 0.25) is 0 Å². The van der Waals surface area contributed by atoms with Crippen LogP contribution in [0.3, 0.4) is 0 Å². The molecule has 0 radical (unpaired) electrons. The van der Waals surface area contributed by atoms with E-state index in [0.717, 1.165) is 27.6 Å². The van der Waals surface area contributed by atoms with Crippen LogP contribution in [-0.2, 0) is 0 Å². The molecule has 3 rings (SSSR count). The molecule has 3 N–H and O–H groups in total. The van der Waals surface area contributed by atoms with Gasteiger partial charge < -0.3 is 0 Å². The molecule has 0 saturated heterocycles. The lowest BCUT2D eigenvalue weighted by atomic mass is 9.94. The minimum atomic E-state index is -0.0779. The Balaban J connectivity index is 2.20. The molecule has 4 heteroatoms. The van der Waals surface area contributed by atoms with Gasteiger partial charge in [0.15, 0.2) is 0 Å². The SMILES string of the molecule is Cc1cnccc1C(NN)c1cccc2ncccc12. The highest BCUT2D eigenvalue weighted by molar-refractivity contribution is 5.83. The van der Waals surface area contributed by atoms with Gasteiger partial charge in [0.05, 0.1) is 11.6 Å². The van der Waals surface area contributed by atoms with E-state index >= 15 is 0 Å². The molecule has 0 bridgehead atoms. The van der Waals surface area contributed by atoms with Gasteiger partial charge >= 0.3 is 0 Å². The molecule has 20 heavy (non-hydrogen) atoms. The fraction of sp³-hybridized carbons (Fsp3) is 0.125. The molecule has 0 saturated carbocycles. The van der Waals surface area contributed by atoms with E-state index in [9.17, 15) is 0 Å². The van der Waals surface area contributed by atoms with Crippen molar-refractivity contribution in [3.63, 3.8) is 0 Å². The van der Waals surface area contributed by atoms with Gasteiger partial charge in [0.25, 0.3) is 0 Å². The Labute approximate surface area is 117 Å². The molecule has 0 fully saturated rings. The summed E-state index contributed by atoms with van der Waals surface area (Å²) in [6.45, 7) is 2.04. The van der Waals surface area contributed by atoms with Crippen molar-refractivity contribution in [3.05, 3.63) is 71.7 Å². The van der Waals surface area contributed by atoms with Crippen molar-refractivity contribution < 1.29 is 0 Å². The second-order valence-electron chi connectivity index (χ2n) is 4.75. The number of hydrazine groups is 1. The first-order chi connectivity index (χ1) is 9.81. The molecule has 0 spiro atoms. The molecule has 1 atom stereocenters. The van der Waals surface area contributed by atoms with Gasteiger partial charge in [-0.05, 0) is 41.8 Å². The third-order valence-corrected chi connectivity index (χ3v) is 3.53. The van der Waals surface area contributed by atoms with Gasteiger partial charge in [0, 0.05) is 24.0 Å². The Morgan fingerprint density at radius 1 is 1.05 bits per heavy atom. The van der Waals surface area contributed by atoms with Crippen LogP contribution >= 0.6 is 0 Å². The average molecular weight is 264 g/mol. The second kappa shape index (κ2) is 5.36. The van der Waals surface area contributed by atoms with Crippen molar-refractivity contribution in [2.45, 2.75) is 13.0 Å². The van der Waals surface area contributed by atoms with Crippen LogP contribution in [0, 0.1) is 6.92 Å². The topological polar surface area (TPSA) is 63.8 Å². The molecule has 0 aliphatic carbocycles. The lowest BCUT2D eigenvalue weighted by Gasteiger charge is -2.20. The Morgan fingerprint density at radius 3 is 2.75 bits per heavy atom. The van der Waals surface area contributed by atoms with Crippen molar-refractivity contribution in [1.29, 1.82) is 0 Å². The van der Waals surface area contributed by atoms with Crippen LogP contribution in [0.1, 0.15) is 22.7 Å². The highest BCUT2D eigenvalue weighted by Gasteiger charge is 2.17. The van der Waals surface area contributed by atoms with Gasteiger partial charge in [-0.1, -0.05) is 18.2 Å². The average Bonchev–Trinajstić information content (AvgIpc) is 2.50. The first-order valence-electron chi connectivity index (χ1n) is 6.51. The van der Waals surface area contributed by atoms with Gasteiger partial charge in [-0.25, -0.2) is 5.43 Å². The molecule has 100 valence electrons. The van der Waals surface area contributed by atoms with E-state index in [4.69, 9.17) is 5.84 Å². The van der Waals surface area contributed by atoms with Crippen molar-refractivity contribution in [2.24, 2.45) is 5.84 Å². The van der Waals surface area contributed by atoms with E-state index in [0.29, 0.717) is 0 Å². The Hall–Kier alpha value is -2.30. The molecule has 0 amide bonds. The summed E-state index contributed by atoms with van der Waals surface area (Å²) in [5, 5.41) is 1.11. The number of aromatic nitrogens is 2. The van der Waals surface area contributed by atoms with Crippen LogP contribution in [0.15, 0.2) is 55.0 Å². The number of fused-ring (bicyclic) bond motifs is 1. The first kappa shape index (κ1) is 12.7. The number of nitrogens with zero attached hydrogens (tertiary/aromatic N) is 2. The summed E-state index contributed by atoms with van der Waals surface area (Å²) in [4.78, 5) is 8.53. The molecular formula is C16H16N4. The fourth-order valence-electron chi connectivity index (χ4n) is 2.53. The maximum atomic E-state index is 5.81. The van der Waals surface area contributed by atoms with E-state index in [2.05, 4.69) is 27.5 Å². The third kappa shape index (κ3) is 2.15. The zero-order chi connectivity index (χ0) is 13.9. The molecule has 1 aromatic carbocycles. The predicted molar refractivity (Wildman–Crippen MR) is 79.9 cm³/mol. The number of benzene rings is 1. The molecule has 2 aromatic heterocycles. The molecule has 0 aliphatic rings. The molecule has 0 aliphatic heterocycles. The lowest BCUT2D eigenvalue weighted by molar-refractivity contribution is 0.636. The van der Waals surface area contributed by atoms with Crippen LogP contribution in [0.5, 0.6) is 0 Å². The summed E-state index contributed by atoms with van der Waals surface area (Å²) in [6.07, 6.45) is 5.44. The molecule has 3 aromatic rings. The number of hydrogen-bond acceptors (Lipinski definition) is 4. The zero-order valence-corrected chi connectivity index (χ0v) is 11.2. The van der Waals surface area contributed by atoms with Gasteiger partial charge in [0.2, 0.25) is 0 Å². The van der Waals surface area contributed by atoms with Crippen LogP contribution in [-0.4, -0.2) is 9.97 Å². The Bertz CT molecular complexity index is 734. The van der Waals surface area contributed by atoms with Crippen LogP contribution < -0.4 is 11.3 Å². The predicted octanol–water partition coefficient (Wildman–Crippen LogP) is 2.49. The minimum Gasteiger partial charge on any atom is -0.271 e. The summed E-state index contributed by atoms with van der Waals surface area (Å²) >= 11 is 0. The molecule has 4 nitrogen and oxygen atoms in total. The highest BCUT2D eigenvalue weighted by atomic mass is 15.2. The first-order valence-corrected chi connectivity index (χ1v) is 6.51. The molecular weight excluding hydrogens is 248 g/mol. The maximum Gasteiger partial charge on any atom is 0.0720 e. The summed E-state index contributed by atoms with van der Waals surface area (Å²) < 4.78 is 0. The summed E-state index contributed by atoms with van der Waals surface area (Å²) in [6, 6.07) is 12.0. The van der Waals surface area contributed by atoms with Gasteiger partial charge in [-0.15, -0.1) is 0 Å². The van der Waals surface area contributed by atoms with E-state index in [-0.39, 0.29) is 6.04 Å². The lowest BCUT2D eigenvalue weighted by Crippen LogP contribution is -2.29. The number of pyridine rings is 2. The maximum absolute atomic E-state index is 5.81. The summed E-state index contributed by atoms with van der Waals surface area (Å²) in [7, 11) is 0. The van der Waals surface area contributed by atoms with E-state index < -0.39 is 0 Å². The Morgan fingerprint density at radius 2 is 1.95 bits per heavy atom. The summed E-state index contributed by atoms with van der Waals surface area (Å²) in [5.41, 5.74) is 7.23. The van der Waals surface area contributed by atoms with Gasteiger partial charge in [-0.3, -0.25) is 15.8 Å². The standard InChI is InChI=1S/C16H16N4/c1-11-10-18-9-7-12(11)16(20-17)14-4-2-6-15-13(14)5-3-8-19-15/h2-10,16,20H,17H2,1H3. The number of nitrogens with one attached hydrogen (secondary N) is 1. The minimum absolute atomic E-state index is 0.0779. The highest BCUT2D eigenvalue weighted by Crippen LogP contribution is 2.28. The largest absolute Gasteiger partial charge is 0.271 e. The smallest absolute Gasteiger partial charge is 0.0720 e. The van der Waals surface area contributed by atoms with Crippen molar-refractivity contribution in [3.8, 4) is 0 Å². The van der Waals surface area contributed by atoms with E-state index in [1.54, 1.807) is 12.4 Å². The quantitative estimate of drug-likeness (QED) is 0.563. The number of rotatable bonds is 3. The van der Waals surface area contributed by atoms with E-state index in [1.807, 2.05) is 37.4 Å². The van der Waals surface area contributed by atoms with Crippen LogP contribution in [0.4, 0.5) is 0 Å². The fourth-order valence-corrected chi connectivity index (χ4v) is 2.53. The zero-order valence-electron chi connectivity index (χ0n) is 11.2. The number of aryl methyl sites for hydroxylation is 1. The van der Waals surface area contributed by atoms with E-state index in [1.165, 1.54) is 0 Å². The van der Waals surface area contributed by atoms with Crippen molar-refractivity contribution >= 4 is 10.9 Å². The van der Waals surface area contributed by atoms with Gasteiger partial charge in [0.1, 0.15) is 0 Å². The summed E-state index contributed by atoms with van der Waals surface area (Å²) in [5.74, 6) is 5.81. The molecule has 1 unspecified atom stereocenters.